The molecule has 1 amide bonds. The number of nitrogens with one attached hydrogen (secondary N) is 1. The highest BCUT2D eigenvalue weighted by molar-refractivity contribution is 5.91. The number of pyridine rings is 2. The van der Waals surface area contributed by atoms with E-state index in [9.17, 15) is 18.0 Å². The number of aryl methyl sites for hydroxylation is 1. The van der Waals surface area contributed by atoms with Gasteiger partial charge in [0.15, 0.2) is 0 Å². The van der Waals surface area contributed by atoms with E-state index in [0.29, 0.717) is 37.6 Å². The van der Waals surface area contributed by atoms with Crippen LogP contribution in [0.5, 0.6) is 0 Å². The number of anilines is 2. The first-order valence-corrected chi connectivity index (χ1v) is 8.35. The molecule has 0 aromatic carbocycles. The Morgan fingerprint density at radius 3 is 2.62 bits per heavy atom. The summed E-state index contributed by atoms with van der Waals surface area (Å²) in [5, 5.41) is 2.80. The molecule has 0 bridgehead atoms. The molecule has 1 N–H and O–H groups in total. The van der Waals surface area contributed by atoms with Crippen molar-refractivity contribution in [1.29, 1.82) is 0 Å². The standard InChI is InChI=1S/C18H19F3N4O/c1-12-5-8-22-15(11-12)24-17(26)13-6-9-25(10-7-13)16-4-2-3-14(23-16)18(19,20)21/h2-5,8,11,13H,6-7,9-10H2,1H3,(H,22,24,26). The third kappa shape index (κ3) is 4.30. The lowest BCUT2D eigenvalue weighted by atomic mass is 9.96. The monoisotopic (exact) mass is 364 g/mol. The van der Waals surface area contributed by atoms with E-state index in [0.717, 1.165) is 11.6 Å². The molecular formula is C18H19F3N4O. The Bertz CT molecular complexity index is 786. The van der Waals surface area contributed by atoms with Gasteiger partial charge in [0.1, 0.15) is 17.3 Å². The lowest BCUT2D eigenvalue weighted by Crippen LogP contribution is -2.38. The van der Waals surface area contributed by atoms with Crippen LogP contribution in [0.4, 0.5) is 24.8 Å². The Morgan fingerprint density at radius 2 is 1.96 bits per heavy atom. The van der Waals surface area contributed by atoms with Gasteiger partial charge in [0.2, 0.25) is 5.91 Å². The number of alkyl halides is 3. The highest BCUT2D eigenvalue weighted by atomic mass is 19.4. The molecule has 138 valence electrons. The van der Waals surface area contributed by atoms with Crippen LogP contribution in [0.2, 0.25) is 0 Å². The second-order valence-corrected chi connectivity index (χ2v) is 6.35. The lowest BCUT2D eigenvalue weighted by molar-refractivity contribution is -0.141. The molecule has 1 fully saturated rings. The number of nitrogens with zero attached hydrogens (tertiary/aromatic N) is 3. The van der Waals surface area contributed by atoms with Gasteiger partial charge in [0.05, 0.1) is 0 Å². The molecule has 0 atom stereocenters. The van der Waals surface area contributed by atoms with Crippen LogP contribution in [-0.4, -0.2) is 29.0 Å². The summed E-state index contributed by atoms with van der Waals surface area (Å²) in [7, 11) is 0. The average Bonchev–Trinajstić information content (AvgIpc) is 2.61. The van der Waals surface area contributed by atoms with E-state index in [2.05, 4.69) is 15.3 Å². The zero-order valence-corrected chi connectivity index (χ0v) is 14.3. The van der Waals surface area contributed by atoms with Crippen LogP contribution in [-0.2, 0) is 11.0 Å². The smallest absolute Gasteiger partial charge is 0.357 e. The highest BCUT2D eigenvalue weighted by Crippen LogP contribution is 2.30. The highest BCUT2D eigenvalue weighted by Gasteiger charge is 2.33. The number of hydrogen-bond donors (Lipinski definition) is 1. The second kappa shape index (κ2) is 7.31. The van der Waals surface area contributed by atoms with Crippen LogP contribution in [0.25, 0.3) is 0 Å². The first-order valence-electron chi connectivity index (χ1n) is 8.35. The van der Waals surface area contributed by atoms with E-state index >= 15 is 0 Å². The predicted octanol–water partition coefficient (Wildman–Crippen LogP) is 3.66. The van der Waals surface area contributed by atoms with Gasteiger partial charge in [-0.1, -0.05) is 6.07 Å². The van der Waals surface area contributed by atoms with Gasteiger partial charge in [-0.05, 0) is 49.6 Å². The molecule has 0 aliphatic carbocycles. The Morgan fingerprint density at radius 1 is 1.23 bits per heavy atom. The third-order valence-corrected chi connectivity index (χ3v) is 4.38. The van der Waals surface area contributed by atoms with Crippen LogP contribution in [0.3, 0.4) is 0 Å². The normalized spacial score (nSPS) is 15.8. The predicted molar refractivity (Wildman–Crippen MR) is 91.8 cm³/mol. The number of carbonyl (C=O) groups is 1. The molecule has 0 unspecified atom stereocenters. The molecule has 0 saturated carbocycles. The minimum Gasteiger partial charge on any atom is -0.357 e. The van der Waals surface area contributed by atoms with Crippen LogP contribution < -0.4 is 10.2 Å². The largest absolute Gasteiger partial charge is 0.433 e. The average molecular weight is 364 g/mol. The van der Waals surface area contributed by atoms with E-state index < -0.39 is 11.9 Å². The van der Waals surface area contributed by atoms with Crippen molar-refractivity contribution in [3.05, 3.63) is 47.8 Å². The van der Waals surface area contributed by atoms with Crippen molar-refractivity contribution in [1.82, 2.24) is 9.97 Å². The van der Waals surface area contributed by atoms with E-state index in [4.69, 9.17) is 0 Å². The third-order valence-electron chi connectivity index (χ3n) is 4.38. The molecule has 0 spiro atoms. The molecule has 1 aliphatic rings. The molecule has 0 radical (unpaired) electrons. The van der Waals surface area contributed by atoms with Gasteiger partial charge in [-0.3, -0.25) is 4.79 Å². The second-order valence-electron chi connectivity index (χ2n) is 6.35. The molecule has 2 aromatic heterocycles. The van der Waals surface area contributed by atoms with Crippen molar-refractivity contribution in [2.24, 2.45) is 5.92 Å². The van der Waals surface area contributed by atoms with Crippen LogP contribution in [0.1, 0.15) is 24.1 Å². The maximum atomic E-state index is 12.8. The quantitative estimate of drug-likeness (QED) is 0.903. The number of aromatic nitrogens is 2. The summed E-state index contributed by atoms with van der Waals surface area (Å²) in [6.45, 7) is 2.87. The first kappa shape index (κ1) is 18.2. The molecule has 26 heavy (non-hydrogen) atoms. The molecule has 3 rings (SSSR count). The maximum absolute atomic E-state index is 12.8. The Hall–Kier alpha value is -2.64. The number of amides is 1. The summed E-state index contributed by atoms with van der Waals surface area (Å²) in [5.74, 6) is 0.495. The van der Waals surface area contributed by atoms with Crippen molar-refractivity contribution in [2.75, 3.05) is 23.3 Å². The van der Waals surface area contributed by atoms with E-state index in [1.165, 1.54) is 6.07 Å². The minimum absolute atomic E-state index is 0.111. The Labute approximate surface area is 149 Å². The van der Waals surface area contributed by atoms with Crippen molar-refractivity contribution in [3.63, 3.8) is 0 Å². The van der Waals surface area contributed by atoms with Gasteiger partial charge >= 0.3 is 6.18 Å². The summed E-state index contributed by atoms with van der Waals surface area (Å²) >= 11 is 0. The first-order chi connectivity index (χ1) is 12.3. The van der Waals surface area contributed by atoms with Gasteiger partial charge in [-0.2, -0.15) is 13.2 Å². The number of halogens is 3. The van der Waals surface area contributed by atoms with Crippen LogP contribution in [0.15, 0.2) is 36.5 Å². The molecule has 5 nitrogen and oxygen atoms in total. The van der Waals surface area contributed by atoms with Crippen molar-refractivity contribution in [2.45, 2.75) is 25.9 Å². The number of hydrogen-bond acceptors (Lipinski definition) is 4. The fourth-order valence-corrected chi connectivity index (χ4v) is 2.96. The topological polar surface area (TPSA) is 58.1 Å². The zero-order chi connectivity index (χ0) is 18.7. The summed E-state index contributed by atoms with van der Waals surface area (Å²) in [5.41, 5.74) is 0.0983. The SMILES string of the molecule is Cc1ccnc(NC(=O)C2CCN(c3cccc(C(F)(F)F)n3)CC2)c1. The molecule has 2 aromatic rings. The van der Waals surface area contributed by atoms with E-state index in [1.807, 2.05) is 13.0 Å². The molecular weight excluding hydrogens is 345 g/mol. The number of piperidine rings is 1. The fraction of sp³-hybridized carbons (Fsp3) is 0.389. The van der Waals surface area contributed by atoms with Crippen LogP contribution >= 0.6 is 0 Å². The van der Waals surface area contributed by atoms with E-state index in [1.54, 1.807) is 23.2 Å². The summed E-state index contributed by atoms with van der Waals surface area (Å²) in [4.78, 5) is 22.0. The van der Waals surface area contributed by atoms with Gasteiger partial charge in [-0.15, -0.1) is 0 Å². The number of carbonyl (C=O) groups excluding carboxylic acids is 1. The Kier molecular flexibility index (Phi) is 5.11. The Balaban J connectivity index is 1.60. The van der Waals surface area contributed by atoms with Gasteiger partial charge in [0, 0.05) is 25.2 Å². The zero-order valence-electron chi connectivity index (χ0n) is 14.3. The molecule has 3 heterocycles. The summed E-state index contributed by atoms with van der Waals surface area (Å²) < 4.78 is 38.4. The fourth-order valence-electron chi connectivity index (χ4n) is 2.96. The van der Waals surface area contributed by atoms with Crippen LogP contribution in [0, 0.1) is 12.8 Å². The van der Waals surface area contributed by atoms with Gasteiger partial charge in [-0.25, -0.2) is 9.97 Å². The van der Waals surface area contributed by atoms with Gasteiger partial charge < -0.3 is 10.2 Å². The van der Waals surface area contributed by atoms with Gasteiger partial charge in [0.25, 0.3) is 0 Å². The summed E-state index contributed by atoms with van der Waals surface area (Å²) in [6.07, 6.45) is -1.73. The molecule has 1 aliphatic heterocycles. The maximum Gasteiger partial charge on any atom is 0.433 e. The minimum atomic E-state index is -4.46. The summed E-state index contributed by atoms with van der Waals surface area (Å²) in [6, 6.07) is 7.51. The molecule has 1 saturated heterocycles. The van der Waals surface area contributed by atoms with Crippen molar-refractivity contribution in [3.8, 4) is 0 Å². The molecule has 8 heteroatoms. The lowest BCUT2D eigenvalue weighted by Gasteiger charge is -2.32. The van der Waals surface area contributed by atoms with E-state index in [-0.39, 0.29) is 11.8 Å². The van der Waals surface area contributed by atoms with Crippen molar-refractivity contribution >= 4 is 17.5 Å². The number of rotatable bonds is 3. The van der Waals surface area contributed by atoms with Crippen molar-refractivity contribution < 1.29 is 18.0 Å².